The zero-order valence-electron chi connectivity index (χ0n) is 12.1. The third-order valence-corrected chi connectivity index (χ3v) is 3.53. The number of nitro groups is 1. The normalized spacial score (nSPS) is 12.5. The number of rotatable bonds is 7. The molecule has 0 bridgehead atoms. The lowest BCUT2D eigenvalue weighted by atomic mass is 10.1. The Morgan fingerprint density at radius 1 is 1.42 bits per heavy atom. The van der Waals surface area contributed by atoms with Crippen LogP contribution in [0.2, 0.25) is 0 Å². The lowest BCUT2D eigenvalue weighted by Gasteiger charge is -2.26. The largest absolute Gasteiger partial charge is 0.383 e. The second-order valence-electron chi connectivity index (χ2n) is 4.68. The number of nitro benzene ring substituents is 1. The van der Waals surface area contributed by atoms with Gasteiger partial charge in [-0.05, 0) is 31.5 Å². The van der Waals surface area contributed by atoms with Crippen LogP contribution < -0.4 is 5.32 Å². The molecule has 0 saturated heterocycles. The molecule has 0 fully saturated rings. The van der Waals surface area contributed by atoms with Crippen LogP contribution in [0.1, 0.15) is 32.8 Å². The second-order valence-corrected chi connectivity index (χ2v) is 4.68. The van der Waals surface area contributed by atoms with Gasteiger partial charge in [0.25, 0.3) is 5.69 Å². The maximum atomic E-state index is 11.0. The molecule has 0 aliphatic rings. The molecule has 0 saturated carbocycles. The van der Waals surface area contributed by atoms with Crippen LogP contribution in [0.3, 0.4) is 0 Å². The van der Waals surface area contributed by atoms with E-state index in [-0.39, 0.29) is 10.6 Å². The molecule has 1 aromatic carbocycles. The zero-order valence-corrected chi connectivity index (χ0v) is 12.1. The predicted octanol–water partition coefficient (Wildman–Crippen LogP) is 3.26. The molecular weight excluding hydrogens is 242 g/mol. The van der Waals surface area contributed by atoms with Crippen molar-refractivity contribution in [1.82, 2.24) is 4.90 Å². The molecule has 106 valence electrons. The SMILES string of the molecule is CCC(C)N(CC)Cc1ccc(NC)c([N+](=O)[O-])c1. The van der Waals surface area contributed by atoms with Crippen LogP contribution in [0.15, 0.2) is 18.2 Å². The highest BCUT2D eigenvalue weighted by molar-refractivity contribution is 5.62. The van der Waals surface area contributed by atoms with E-state index in [4.69, 9.17) is 0 Å². The van der Waals surface area contributed by atoms with Gasteiger partial charge in [-0.15, -0.1) is 0 Å². The van der Waals surface area contributed by atoms with Gasteiger partial charge in [-0.3, -0.25) is 15.0 Å². The van der Waals surface area contributed by atoms with Gasteiger partial charge >= 0.3 is 0 Å². The van der Waals surface area contributed by atoms with Crippen LogP contribution in [0.25, 0.3) is 0 Å². The van der Waals surface area contributed by atoms with Gasteiger partial charge < -0.3 is 5.32 Å². The van der Waals surface area contributed by atoms with Crippen LogP contribution in [0.4, 0.5) is 11.4 Å². The summed E-state index contributed by atoms with van der Waals surface area (Å²) < 4.78 is 0. The fourth-order valence-corrected chi connectivity index (χ4v) is 2.11. The van der Waals surface area contributed by atoms with Crippen LogP contribution in [0.5, 0.6) is 0 Å². The Morgan fingerprint density at radius 3 is 2.58 bits per heavy atom. The summed E-state index contributed by atoms with van der Waals surface area (Å²) in [6.07, 6.45) is 1.07. The summed E-state index contributed by atoms with van der Waals surface area (Å²) >= 11 is 0. The molecule has 1 rings (SSSR count). The van der Waals surface area contributed by atoms with E-state index in [1.165, 1.54) is 0 Å². The first-order valence-electron chi connectivity index (χ1n) is 6.72. The minimum absolute atomic E-state index is 0.139. The van der Waals surface area contributed by atoms with Crippen LogP contribution >= 0.6 is 0 Å². The number of hydrogen-bond acceptors (Lipinski definition) is 4. The Kier molecular flexibility index (Phi) is 5.76. The van der Waals surface area contributed by atoms with Gasteiger partial charge in [0.15, 0.2) is 0 Å². The molecule has 5 nitrogen and oxygen atoms in total. The van der Waals surface area contributed by atoms with Crippen molar-refractivity contribution in [1.29, 1.82) is 0 Å². The maximum Gasteiger partial charge on any atom is 0.292 e. The number of benzene rings is 1. The van der Waals surface area contributed by atoms with Gasteiger partial charge in [-0.1, -0.05) is 19.9 Å². The Labute approximate surface area is 114 Å². The first kappa shape index (κ1) is 15.4. The summed E-state index contributed by atoms with van der Waals surface area (Å²) in [4.78, 5) is 13.0. The highest BCUT2D eigenvalue weighted by Crippen LogP contribution is 2.26. The number of nitrogens with zero attached hydrogens (tertiary/aromatic N) is 2. The Hall–Kier alpha value is -1.62. The summed E-state index contributed by atoms with van der Waals surface area (Å²) in [5.41, 5.74) is 1.67. The average Bonchev–Trinajstić information content (AvgIpc) is 2.43. The first-order chi connectivity index (χ1) is 9.03. The van der Waals surface area contributed by atoms with Crippen LogP contribution in [-0.4, -0.2) is 29.5 Å². The molecule has 0 amide bonds. The average molecular weight is 265 g/mol. The van der Waals surface area contributed by atoms with E-state index >= 15 is 0 Å². The highest BCUT2D eigenvalue weighted by Gasteiger charge is 2.16. The van der Waals surface area contributed by atoms with Gasteiger partial charge in [0.05, 0.1) is 4.92 Å². The molecule has 0 aliphatic heterocycles. The van der Waals surface area contributed by atoms with E-state index < -0.39 is 0 Å². The van der Waals surface area contributed by atoms with Gasteiger partial charge in [0, 0.05) is 25.7 Å². The fourth-order valence-electron chi connectivity index (χ4n) is 2.11. The smallest absolute Gasteiger partial charge is 0.292 e. The second kappa shape index (κ2) is 7.09. The van der Waals surface area contributed by atoms with E-state index in [9.17, 15) is 10.1 Å². The van der Waals surface area contributed by atoms with Crippen molar-refractivity contribution in [3.63, 3.8) is 0 Å². The lowest BCUT2D eigenvalue weighted by Crippen LogP contribution is -2.31. The summed E-state index contributed by atoms with van der Waals surface area (Å²) in [7, 11) is 1.69. The molecule has 1 aromatic rings. The van der Waals surface area contributed by atoms with E-state index in [2.05, 4.69) is 31.0 Å². The Bertz CT molecular complexity index is 435. The monoisotopic (exact) mass is 265 g/mol. The Morgan fingerprint density at radius 2 is 2.11 bits per heavy atom. The van der Waals surface area contributed by atoms with E-state index in [1.54, 1.807) is 19.2 Å². The molecule has 0 heterocycles. The molecule has 1 atom stereocenters. The van der Waals surface area contributed by atoms with Gasteiger partial charge in [0.2, 0.25) is 0 Å². The zero-order chi connectivity index (χ0) is 14.4. The molecular formula is C14H23N3O2. The van der Waals surface area contributed by atoms with E-state index in [0.717, 1.165) is 25.1 Å². The van der Waals surface area contributed by atoms with Crippen molar-refractivity contribution in [3.8, 4) is 0 Å². The molecule has 1 N–H and O–H groups in total. The number of anilines is 1. The van der Waals surface area contributed by atoms with Crippen molar-refractivity contribution < 1.29 is 4.92 Å². The van der Waals surface area contributed by atoms with Crippen molar-refractivity contribution in [2.75, 3.05) is 18.9 Å². The molecule has 0 aliphatic carbocycles. The summed E-state index contributed by atoms with van der Waals surface area (Å²) in [6.45, 7) is 8.13. The van der Waals surface area contributed by atoms with Crippen LogP contribution in [0, 0.1) is 10.1 Å². The van der Waals surface area contributed by atoms with Gasteiger partial charge in [0.1, 0.15) is 5.69 Å². The van der Waals surface area contributed by atoms with Crippen molar-refractivity contribution >= 4 is 11.4 Å². The molecule has 19 heavy (non-hydrogen) atoms. The summed E-state index contributed by atoms with van der Waals surface area (Å²) in [5.74, 6) is 0. The predicted molar refractivity (Wildman–Crippen MR) is 78.5 cm³/mol. The first-order valence-corrected chi connectivity index (χ1v) is 6.72. The minimum Gasteiger partial charge on any atom is -0.383 e. The maximum absolute atomic E-state index is 11.0. The van der Waals surface area contributed by atoms with E-state index in [0.29, 0.717) is 11.7 Å². The fraction of sp³-hybridized carbons (Fsp3) is 0.571. The standard InChI is InChI=1S/C14H23N3O2/c1-5-11(3)16(6-2)10-12-7-8-13(15-4)14(9-12)17(18)19/h7-9,11,15H,5-6,10H2,1-4H3. The third kappa shape index (κ3) is 3.92. The van der Waals surface area contributed by atoms with E-state index in [1.807, 2.05) is 6.07 Å². The van der Waals surface area contributed by atoms with Crippen molar-refractivity contribution in [3.05, 3.63) is 33.9 Å². The molecule has 5 heteroatoms. The molecule has 0 aromatic heterocycles. The minimum atomic E-state index is -0.338. The number of nitrogens with one attached hydrogen (secondary N) is 1. The quantitative estimate of drug-likeness (QED) is 0.607. The summed E-state index contributed by atoms with van der Waals surface area (Å²) in [5, 5.41) is 13.9. The van der Waals surface area contributed by atoms with Gasteiger partial charge in [-0.2, -0.15) is 0 Å². The van der Waals surface area contributed by atoms with Crippen LogP contribution in [-0.2, 0) is 6.54 Å². The topological polar surface area (TPSA) is 58.4 Å². The summed E-state index contributed by atoms with van der Waals surface area (Å²) in [6, 6.07) is 5.87. The highest BCUT2D eigenvalue weighted by atomic mass is 16.6. The molecule has 1 unspecified atom stereocenters. The van der Waals surface area contributed by atoms with Crippen molar-refractivity contribution in [2.45, 2.75) is 39.8 Å². The molecule has 0 spiro atoms. The third-order valence-electron chi connectivity index (χ3n) is 3.53. The lowest BCUT2D eigenvalue weighted by molar-refractivity contribution is -0.384. The Balaban J connectivity index is 2.95. The van der Waals surface area contributed by atoms with Gasteiger partial charge in [-0.25, -0.2) is 0 Å². The van der Waals surface area contributed by atoms with Crippen molar-refractivity contribution in [2.24, 2.45) is 0 Å². The number of hydrogen-bond donors (Lipinski definition) is 1. The molecule has 0 radical (unpaired) electrons.